The number of halogens is 3. The van der Waals surface area contributed by atoms with Crippen LogP contribution in [0.5, 0.6) is 0 Å². The molecule has 4 rings (SSSR count). The monoisotopic (exact) mass is 410 g/mol. The summed E-state index contributed by atoms with van der Waals surface area (Å²) in [5, 5.41) is 1.82. The van der Waals surface area contributed by atoms with E-state index in [0.717, 1.165) is 27.4 Å². The Labute approximate surface area is 173 Å². The van der Waals surface area contributed by atoms with Crippen LogP contribution in [0, 0.1) is 0 Å². The number of nitrogens with zero attached hydrogens (tertiary/aromatic N) is 3. The standard InChI is InChI=1S/C24H23F3N3/c1-15(2)18-8-11-30(23-12-17(24(25,26)27)4-5-20(18)23)14-16(3)19-6-10-29-22-7-9-28-13-21(19)22/h4-13,15-16H,14H2,1-3H3/q+1. The van der Waals surface area contributed by atoms with Crippen LogP contribution in [-0.2, 0) is 12.7 Å². The first-order valence-corrected chi connectivity index (χ1v) is 9.97. The Hall–Kier alpha value is -3.02. The second-order valence-corrected chi connectivity index (χ2v) is 8.00. The van der Waals surface area contributed by atoms with Crippen LogP contribution in [0.4, 0.5) is 13.2 Å². The molecule has 4 aromatic rings. The molecule has 1 aromatic carbocycles. The van der Waals surface area contributed by atoms with Gasteiger partial charge in [0.1, 0.15) is 0 Å². The maximum Gasteiger partial charge on any atom is 0.416 e. The van der Waals surface area contributed by atoms with Crippen molar-refractivity contribution in [3.05, 3.63) is 77.9 Å². The highest BCUT2D eigenvalue weighted by molar-refractivity contribution is 5.82. The molecule has 3 heterocycles. The molecule has 0 amide bonds. The molecule has 1 atom stereocenters. The van der Waals surface area contributed by atoms with Crippen LogP contribution in [0.3, 0.4) is 0 Å². The van der Waals surface area contributed by atoms with Crippen LogP contribution in [0.25, 0.3) is 21.8 Å². The third-order valence-corrected chi connectivity index (χ3v) is 5.58. The highest BCUT2D eigenvalue weighted by atomic mass is 19.4. The molecule has 3 aromatic heterocycles. The minimum absolute atomic E-state index is 0.0624. The van der Waals surface area contributed by atoms with E-state index in [1.165, 1.54) is 12.1 Å². The number of fused-ring (bicyclic) bond motifs is 2. The average molecular weight is 410 g/mol. The van der Waals surface area contributed by atoms with Crippen molar-refractivity contribution in [1.29, 1.82) is 0 Å². The summed E-state index contributed by atoms with van der Waals surface area (Å²) in [4.78, 5) is 8.59. The van der Waals surface area contributed by atoms with Crippen molar-refractivity contribution in [2.75, 3.05) is 0 Å². The number of rotatable bonds is 4. The fraction of sp³-hybridized carbons (Fsp3) is 0.292. The maximum absolute atomic E-state index is 13.4. The number of alkyl halides is 3. The molecule has 0 radical (unpaired) electrons. The first-order valence-electron chi connectivity index (χ1n) is 9.97. The zero-order valence-corrected chi connectivity index (χ0v) is 17.1. The third-order valence-electron chi connectivity index (χ3n) is 5.58. The van der Waals surface area contributed by atoms with Gasteiger partial charge in [-0.3, -0.25) is 9.97 Å². The minimum atomic E-state index is -4.38. The Morgan fingerprint density at radius 2 is 1.73 bits per heavy atom. The van der Waals surface area contributed by atoms with Crippen molar-refractivity contribution in [2.24, 2.45) is 0 Å². The van der Waals surface area contributed by atoms with Gasteiger partial charge in [-0.1, -0.05) is 20.8 Å². The van der Waals surface area contributed by atoms with Crippen molar-refractivity contribution in [2.45, 2.75) is 45.3 Å². The lowest BCUT2D eigenvalue weighted by Gasteiger charge is -2.15. The fourth-order valence-electron chi connectivity index (χ4n) is 4.03. The van der Waals surface area contributed by atoms with E-state index >= 15 is 0 Å². The molecule has 0 aliphatic rings. The molecular formula is C24H23F3N3+. The topological polar surface area (TPSA) is 29.7 Å². The lowest BCUT2D eigenvalue weighted by Crippen LogP contribution is -2.37. The second kappa shape index (κ2) is 7.67. The van der Waals surface area contributed by atoms with Crippen LogP contribution in [0.2, 0.25) is 0 Å². The molecule has 0 fully saturated rings. The van der Waals surface area contributed by atoms with Crippen molar-refractivity contribution in [3.8, 4) is 0 Å². The normalized spacial score (nSPS) is 13.3. The summed E-state index contributed by atoms with van der Waals surface area (Å²) >= 11 is 0. The molecule has 6 heteroatoms. The summed E-state index contributed by atoms with van der Waals surface area (Å²) in [5.41, 5.74) is 2.95. The number of aromatic nitrogens is 3. The Morgan fingerprint density at radius 3 is 2.47 bits per heavy atom. The predicted octanol–water partition coefficient (Wildman–Crippen LogP) is 6.02. The van der Waals surface area contributed by atoms with Gasteiger partial charge in [0.05, 0.1) is 11.1 Å². The Morgan fingerprint density at radius 1 is 0.933 bits per heavy atom. The van der Waals surface area contributed by atoms with Crippen LogP contribution in [0.15, 0.2) is 61.2 Å². The SMILES string of the molecule is CC(C)c1cc[n+](CC(C)c2ccnc3ccncc23)c2cc(C(F)(F)F)ccc12. The zero-order chi connectivity index (χ0) is 21.5. The Kier molecular flexibility index (Phi) is 5.18. The van der Waals surface area contributed by atoms with E-state index in [1.54, 1.807) is 24.7 Å². The molecule has 0 bridgehead atoms. The van der Waals surface area contributed by atoms with Crippen molar-refractivity contribution < 1.29 is 17.7 Å². The Bertz CT molecular complexity index is 1210. The van der Waals surface area contributed by atoms with E-state index in [9.17, 15) is 13.2 Å². The maximum atomic E-state index is 13.4. The molecule has 0 spiro atoms. The molecule has 30 heavy (non-hydrogen) atoms. The fourth-order valence-corrected chi connectivity index (χ4v) is 4.03. The smallest absolute Gasteiger partial charge is 0.264 e. The van der Waals surface area contributed by atoms with Gasteiger partial charge in [0.25, 0.3) is 0 Å². The predicted molar refractivity (Wildman–Crippen MR) is 111 cm³/mol. The summed E-state index contributed by atoms with van der Waals surface area (Å²) in [6.07, 6.45) is 2.78. The number of hydrogen-bond donors (Lipinski definition) is 0. The summed E-state index contributed by atoms with van der Waals surface area (Å²) in [6.45, 7) is 6.72. The highest BCUT2D eigenvalue weighted by Gasteiger charge is 2.32. The molecule has 0 saturated carbocycles. The Balaban J connectivity index is 1.82. The van der Waals surface area contributed by atoms with Gasteiger partial charge in [0, 0.05) is 47.4 Å². The van der Waals surface area contributed by atoms with E-state index < -0.39 is 11.7 Å². The summed E-state index contributed by atoms with van der Waals surface area (Å²) in [7, 11) is 0. The number of pyridine rings is 3. The lowest BCUT2D eigenvalue weighted by atomic mass is 9.95. The molecule has 1 unspecified atom stereocenters. The molecule has 3 nitrogen and oxygen atoms in total. The second-order valence-electron chi connectivity index (χ2n) is 8.00. The van der Waals surface area contributed by atoms with E-state index in [4.69, 9.17) is 0 Å². The van der Waals surface area contributed by atoms with E-state index in [0.29, 0.717) is 12.1 Å². The molecule has 0 aliphatic carbocycles. The van der Waals surface area contributed by atoms with Crippen LogP contribution in [-0.4, -0.2) is 9.97 Å². The van der Waals surface area contributed by atoms with Gasteiger partial charge in [-0.25, -0.2) is 0 Å². The third kappa shape index (κ3) is 3.74. The van der Waals surface area contributed by atoms with E-state index in [1.807, 2.05) is 29.0 Å². The van der Waals surface area contributed by atoms with Crippen LogP contribution in [0.1, 0.15) is 49.3 Å². The van der Waals surface area contributed by atoms with Crippen molar-refractivity contribution >= 4 is 21.8 Å². The van der Waals surface area contributed by atoms with E-state index in [2.05, 4.69) is 30.7 Å². The van der Waals surface area contributed by atoms with E-state index in [-0.39, 0.29) is 11.8 Å². The van der Waals surface area contributed by atoms with Crippen molar-refractivity contribution in [1.82, 2.24) is 9.97 Å². The van der Waals surface area contributed by atoms with Gasteiger partial charge in [-0.15, -0.1) is 0 Å². The van der Waals surface area contributed by atoms with Gasteiger partial charge in [-0.05, 0) is 41.3 Å². The highest BCUT2D eigenvalue weighted by Crippen LogP contribution is 2.33. The van der Waals surface area contributed by atoms with Gasteiger partial charge in [-0.2, -0.15) is 17.7 Å². The number of benzene rings is 1. The molecule has 0 saturated heterocycles. The lowest BCUT2D eigenvalue weighted by molar-refractivity contribution is -0.673. The quantitative estimate of drug-likeness (QED) is 0.385. The van der Waals surface area contributed by atoms with Crippen LogP contribution < -0.4 is 4.57 Å². The van der Waals surface area contributed by atoms with Gasteiger partial charge in [0.15, 0.2) is 12.7 Å². The zero-order valence-electron chi connectivity index (χ0n) is 17.1. The first-order chi connectivity index (χ1) is 14.3. The van der Waals surface area contributed by atoms with Gasteiger partial charge >= 0.3 is 6.18 Å². The van der Waals surface area contributed by atoms with Gasteiger partial charge in [0.2, 0.25) is 5.52 Å². The summed E-state index contributed by atoms with van der Waals surface area (Å²) < 4.78 is 42.1. The molecule has 154 valence electrons. The molecular weight excluding hydrogens is 387 g/mol. The molecule has 0 N–H and O–H groups in total. The minimum Gasteiger partial charge on any atom is -0.264 e. The number of hydrogen-bond acceptors (Lipinski definition) is 2. The van der Waals surface area contributed by atoms with Crippen LogP contribution >= 0.6 is 0 Å². The molecule has 0 aliphatic heterocycles. The van der Waals surface area contributed by atoms with Crippen molar-refractivity contribution in [3.63, 3.8) is 0 Å². The van der Waals surface area contributed by atoms with Gasteiger partial charge < -0.3 is 0 Å². The largest absolute Gasteiger partial charge is 0.416 e. The summed E-state index contributed by atoms with van der Waals surface area (Å²) in [6, 6.07) is 9.87. The first kappa shape index (κ1) is 20.3. The average Bonchev–Trinajstić information content (AvgIpc) is 2.72. The summed E-state index contributed by atoms with van der Waals surface area (Å²) in [5.74, 6) is 0.277.